The van der Waals surface area contributed by atoms with Crippen LogP contribution in [0.15, 0.2) is 18.2 Å². The molecule has 26 heavy (non-hydrogen) atoms. The maximum absolute atomic E-state index is 12.8. The molecule has 1 amide bonds. The smallest absolute Gasteiger partial charge is 0.251 e. The number of aromatic nitrogens is 1. The van der Waals surface area contributed by atoms with Crippen LogP contribution in [0.1, 0.15) is 43.5 Å². The van der Waals surface area contributed by atoms with E-state index in [-0.39, 0.29) is 11.9 Å². The summed E-state index contributed by atoms with van der Waals surface area (Å²) in [4.78, 5) is 19.8. The van der Waals surface area contributed by atoms with Gasteiger partial charge in [-0.3, -0.25) is 4.79 Å². The zero-order chi connectivity index (χ0) is 18.1. The molecule has 1 aromatic carbocycles. The molecule has 2 aromatic rings. The standard InChI is InChI=1S/C20H27N3O2S/c1-13-4-3-5-16(14(13)2)21-19(24)15-6-7-17-18(12-15)26-20(22-17)23-8-10-25-11-9-23/h6-7,12-14,16H,3-5,8-11H2,1-2H3,(H,21,24). The molecule has 1 aliphatic carbocycles. The van der Waals surface area contributed by atoms with Crippen LogP contribution in [0.25, 0.3) is 10.2 Å². The molecule has 6 heteroatoms. The average molecular weight is 374 g/mol. The number of rotatable bonds is 3. The number of hydrogen-bond acceptors (Lipinski definition) is 5. The van der Waals surface area contributed by atoms with E-state index in [0.717, 1.165) is 53.6 Å². The van der Waals surface area contributed by atoms with Crippen molar-refractivity contribution >= 4 is 32.6 Å². The van der Waals surface area contributed by atoms with Gasteiger partial charge in [0.1, 0.15) is 0 Å². The molecule has 2 aliphatic rings. The molecule has 1 aliphatic heterocycles. The van der Waals surface area contributed by atoms with Crippen LogP contribution in [0, 0.1) is 11.8 Å². The van der Waals surface area contributed by atoms with Crippen molar-refractivity contribution in [1.29, 1.82) is 0 Å². The number of anilines is 1. The first-order valence-corrected chi connectivity index (χ1v) is 10.5. The molecule has 0 bridgehead atoms. The number of benzene rings is 1. The number of nitrogens with one attached hydrogen (secondary N) is 1. The van der Waals surface area contributed by atoms with Crippen LogP contribution in [0.3, 0.4) is 0 Å². The first-order chi connectivity index (χ1) is 12.6. The van der Waals surface area contributed by atoms with E-state index < -0.39 is 0 Å². The predicted molar refractivity (Wildman–Crippen MR) is 106 cm³/mol. The minimum Gasteiger partial charge on any atom is -0.378 e. The highest BCUT2D eigenvalue weighted by atomic mass is 32.1. The second kappa shape index (κ2) is 7.53. The second-order valence-electron chi connectivity index (χ2n) is 7.63. The van der Waals surface area contributed by atoms with Gasteiger partial charge in [-0.2, -0.15) is 0 Å². The Balaban J connectivity index is 1.50. The number of nitrogens with zero attached hydrogens (tertiary/aromatic N) is 2. The average Bonchev–Trinajstić information content (AvgIpc) is 3.09. The lowest BCUT2D eigenvalue weighted by atomic mass is 9.78. The molecule has 0 spiro atoms. The molecule has 3 unspecified atom stereocenters. The van der Waals surface area contributed by atoms with Gasteiger partial charge in [-0.1, -0.05) is 38.0 Å². The molecule has 2 fully saturated rings. The summed E-state index contributed by atoms with van der Waals surface area (Å²) in [5, 5.41) is 4.29. The number of fused-ring (bicyclic) bond motifs is 1. The summed E-state index contributed by atoms with van der Waals surface area (Å²) in [5.74, 6) is 1.25. The normalized spacial score (nSPS) is 26.8. The van der Waals surface area contributed by atoms with Crippen LogP contribution in [0.2, 0.25) is 0 Å². The van der Waals surface area contributed by atoms with Gasteiger partial charge in [0.05, 0.1) is 23.4 Å². The van der Waals surface area contributed by atoms with Gasteiger partial charge in [0.25, 0.3) is 5.91 Å². The van der Waals surface area contributed by atoms with Gasteiger partial charge in [0.2, 0.25) is 0 Å². The van der Waals surface area contributed by atoms with E-state index in [0.29, 0.717) is 11.8 Å². The van der Waals surface area contributed by atoms with E-state index in [2.05, 4.69) is 24.1 Å². The summed E-state index contributed by atoms with van der Waals surface area (Å²) in [6.07, 6.45) is 3.55. The third kappa shape index (κ3) is 3.58. The zero-order valence-electron chi connectivity index (χ0n) is 15.5. The molecular weight excluding hydrogens is 346 g/mol. The summed E-state index contributed by atoms with van der Waals surface area (Å²) < 4.78 is 6.49. The number of ether oxygens (including phenoxy) is 1. The lowest BCUT2D eigenvalue weighted by Crippen LogP contribution is -2.43. The topological polar surface area (TPSA) is 54.5 Å². The van der Waals surface area contributed by atoms with Crippen molar-refractivity contribution < 1.29 is 9.53 Å². The highest BCUT2D eigenvalue weighted by Gasteiger charge is 2.28. The minimum absolute atomic E-state index is 0.0409. The van der Waals surface area contributed by atoms with Crippen molar-refractivity contribution in [3.63, 3.8) is 0 Å². The third-order valence-corrected chi connectivity index (χ3v) is 7.02. The maximum atomic E-state index is 12.8. The van der Waals surface area contributed by atoms with Crippen LogP contribution in [-0.2, 0) is 4.74 Å². The molecule has 5 nitrogen and oxygen atoms in total. The Labute approximate surface area is 158 Å². The largest absolute Gasteiger partial charge is 0.378 e. The van der Waals surface area contributed by atoms with E-state index in [1.54, 1.807) is 11.3 Å². The summed E-state index contributed by atoms with van der Waals surface area (Å²) in [6.45, 7) is 7.81. The van der Waals surface area contributed by atoms with E-state index >= 15 is 0 Å². The van der Waals surface area contributed by atoms with E-state index in [1.165, 1.54) is 12.8 Å². The molecule has 1 aromatic heterocycles. The molecule has 1 saturated carbocycles. The number of thiazole rings is 1. The molecule has 1 N–H and O–H groups in total. The van der Waals surface area contributed by atoms with Gasteiger partial charge in [-0.25, -0.2) is 4.98 Å². The number of carbonyl (C=O) groups is 1. The molecule has 4 rings (SSSR count). The van der Waals surface area contributed by atoms with Gasteiger partial charge in [0.15, 0.2) is 5.13 Å². The van der Waals surface area contributed by atoms with Gasteiger partial charge in [-0.15, -0.1) is 0 Å². The van der Waals surface area contributed by atoms with Crippen LogP contribution in [0.5, 0.6) is 0 Å². The number of amides is 1. The van der Waals surface area contributed by atoms with Gasteiger partial charge >= 0.3 is 0 Å². The second-order valence-corrected chi connectivity index (χ2v) is 8.63. The first-order valence-electron chi connectivity index (χ1n) is 9.66. The van der Waals surface area contributed by atoms with Crippen molar-refractivity contribution in [3.8, 4) is 0 Å². The van der Waals surface area contributed by atoms with E-state index in [9.17, 15) is 4.79 Å². The molecule has 1 saturated heterocycles. The van der Waals surface area contributed by atoms with E-state index in [1.807, 2.05) is 18.2 Å². The zero-order valence-corrected chi connectivity index (χ0v) is 16.3. The fraction of sp³-hybridized carbons (Fsp3) is 0.600. The summed E-state index contributed by atoms with van der Waals surface area (Å²) >= 11 is 1.66. The van der Waals surface area contributed by atoms with Crippen LogP contribution < -0.4 is 10.2 Å². The summed E-state index contributed by atoms with van der Waals surface area (Å²) in [6, 6.07) is 6.14. The monoisotopic (exact) mass is 373 g/mol. The van der Waals surface area contributed by atoms with Crippen molar-refractivity contribution in [2.45, 2.75) is 39.2 Å². The van der Waals surface area contributed by atoms with Gasteiger partial charge in [0, 0.05) is 24.7 Å². The Bertz CT molecular complexity index is 784. The fourth-order valence-corrected chi connectivity index (χ4v) is 5.04. The molecular formula is C20H27N3O2S. The Morgan fingerprint density at radius 1 is 1.27 bits per heavy atom. The highest BCUT2D eigenvalue weighted by molar-refractivity contribution is 7.22. The van der Waals surface area contributed by atoms with Crippen LogP contribution >= 0.6 is 11.3 Å². The first kappa shape index (κ1) is 17.7. The highest BCUT2D eigenvalue weighted by Crippen LogP contribution is 2.31. The Kier molecular flexibility index (Phi) is 5.14. The quantitative estimate of drug-likeness (QED) is 0.892. The predicted octanol–water partition coefficient (Wildman–Crippen LogP) is 3.69. The van der Waals surface area contributed by atoms with Crippen molar-refractivity contribution in [3.05, 3.63) is 23.8 Å². The van der Waals surface area contributed by atoms with Crippen molar-refractivity contribution in [2.24, 2.45) is 11.8 Å². The number of hydrogen-bond donors (Lipinski definition) is 1. The van der Waals surface area contributed by atoms with Crippen LogP contribution in [-0.4, -0.2) is 43.2 Å². The number of morpholine rings is 1. The van der Waals surface area contributed by atoms with Crippen LogP contribution in [0.4, 0.5) is 5.13 Å². The summed E-state index contributed by atoms with van der Waals surface area (Å²) in [5.41, 5.74) is 1.70. The molecule has 140 valence electrons. The minimum atomic E-state index is 0.0409. The lowest BCUT2D eigenvalue weighted by Gasteiger charge is -2.34. The van der Waals surface area contributed by atoms with Gasteiger partial charge in [-0.05, 0) is 36.5 Å². The Morgan fingerprint density at radius 3 is 2.88 bits per heavy atom. The lowest BCUT2D eigenvalue weighted by molar-refractivity contribution is 0.0891. The Hall–Kier alpha value is -1.66. The van der Waals surface area contributed by atoms with Crippen molar-refractivity contribution in [2.75, 3.05) is 31.2 Å². The molecule has 2 heterocycles. The van der Waals surface area contributed by atoms with Crippen molar-refractivity contribution in [1.82, 2.24) is 10.3 Å². The molecule has 0 radical (unpaired) electrons. The number of carbonyl (C=O) groups excluding carboxylic acids is 1. The SMILES string of the molecule is CC1CCCC(NC(=O)c2ccc3nc(N4CCOCC4)sc3c2)C1C. The third-order valence-electron chi connectivity index (χ3n) is 5.94. The van der Waals surface area contributed by atoms with Gasteiger partial charge < -0.3 is 15.0 Å². The fourth-order valence-electron chi connectivity index (χ4n) is 3.98. The summed E-state index contributed by atoms with van der Waals surface area (Å²) in [7, 11) is 0. The van der Waals surface area contributed by atoms with E-state index in [4.69, 9.17) is 9.72 Å². The molecule has 3 atom stereocenters. The maximum Gasteiger partial charge on any atom is 0.251 e. The Morgan fingerprint density at radius 2 is 2.08 bits per heavy atom.